The van der Waals surface area contributed by atoms with E-state index in [0.29, 0.717) is 17.9 Å². The molecule has 0 radical (unpaired) electrons. The van der Waals surface area contributed by atoms with Gasteiger partial charge >= 0.3 is 0 Å². The quantitative estimate of drug-likeness (QED) is 0.785. The van der Waals surface area contributed by atoms with Gasteiger partial charge in [-0.1, -0.05) is 12.8 Å². The number of aryl methyl sites for hydroxylation is 2. The number of hydrogen-bond acceptors (Lipinski definition) is 5. The first-order valence-corrected chi connectivity index (χ1v) is 11.2. The Balaban J connectivity index is 1.87. The number of sulfonamides is 1. The number of aliphatic hydroxyl groups is 1. The highest BCUT2D eigenvalue weighted by Crippen LogP contribution is 2.44. The highest BCUT2D eigenvalue weighted by atomic mass is 32.2. The van der Waals surface area contributed by atoms with Crippen LogP contribution in [-0.2, 0) is 22.5 Å². The molecule has 1 aliphatic rings. The topological polar surface area (TPSA) is 84.2 Å². The molecule has 144 valence electrons. The van der Waals surface area contributed by atoms with E-state index in [9.17, 15) is 13.5 Å². The minimum Gasteiger partial charge on any atom is -0.388 e. The third kappa shape index (κ3) is 3.47. The average Bonchev–Trinajstić information content (AvgIpc) is 3.26. The first-order chi connectivity index (χ1) is 12.2. The Morgan fingerprint density at radius 1 is 1.35 bits per heavy atom. The minimum absolute atomic E-state index is 0.186. The summed E-state index contributed by atoms with van der Waals surface area (Å²) in [6, 6.07) is 4.00. The van der Waals surface area contributed by atoms with Gasteiger partial charge in [-0.05, 0) is 45.7 Å². The first-order valence-electron chi connectivity index (χ1n) is 8.94. The monoisotopic (exact) mass is 397 g/mol. The van der Waals surface area contributed by atoms with Crippen LogP contribution in [0.2, 0.25) is 0 Å². The van der Waals surface area contributed by atoms with Gasteiger partial charge in [-0.25, -0.2) is 13.1 Å². The van der Waals surface area contributed by atoms with Crippen molar-refractivity contribution in [1.82, 2.24) is 14.5 Å². The molecule has 6 nitrogen and oxygen atoms in total. The van der Waals surface area contributed by atoms with Crippen LogP contribution in [0.5, 0.6) is 0 Å². The Kier molecular flexibility index (Phi) is 5.31. The number of aromatic nitrogens is 2. The Labute approximate surface area is 159 Å². The summed E-state index contributed by atoms with van der Waals surface area (Å²) >= 11 is 1.59. The molecule has 2 aromatic heterocycles. The van der Waals surface area contributed by atoms with Crippen LogP contribution in [0.3, 0.4) is 0 Å². The number of thiophene rings is 1. The molecule has 0 unspecified atom stereocenters. The number of nitrogens with one attached hydrogen (secondary N) is 1. The van der Waals surface area contributed by atoms with Gasteiger partial charge in [-0.2, -0.15) is 5.10 Å². The van der Waals surface area contributed by atoms with Crippen molar-refractivity contribution in [2.24, 2.45) is 7.05 Å². The summed E-state index contributed by atoms with van der Waals surface area (Å²) in [5, 5.41) is 14.1. The van der Waals surface area contributed by atoms with Crippen LogP contribution in [0.15, 0.2) is 17.0 Å². The van der Waals surface area contributed by atoms with E-state index in [1.54, 1.807) is 43.8 Å². The van der Waals surface area contributed by atoms with Gasteiger partial charge in [0, 0.05) is 28.8 Å². The Hall–Kier alpha value is -1.22. The van der Waals surface area contributed by atoms with Crippen molar-refractivity contribution in [3.63, 3.8) is 0 Å². The zero-order valence-electron chi connectivity index (χ0n) is 15.7. The number of aliphatic hydroxyl groups excluding tert-OH is 1. The van der Waals surface area contributed by atoms with Gasteiger partial charge in [0.05, 0.1) is 17.5 Å². The Morgan fingerprint density at radius 3 is 2.50 bits per heavy atom. The number of rotatable bonds is 6. The van der Waals surface area contributed by atoms with Gasteiger partial charge < -0.3 is 5.11 Å². The van der Waals surface area contributed by atoms with Crippen molar-refractivity contribution in [2.45, 2.75) is 62.9 Å². The lowest BCUT2D eigenvalue weighted by atomic mass is 9.85. The fraction of sp³-hybridized carbons (Fsp3) is 0.611. The van der Waals surface area contributed by atoms with E-state index in [1.807, 2.05) is 12.1 Å². The lowest BCUT2D eigenvalue weighted by Crippen LogP contribution is -2.38. The van der Waals surface area contributed by atoms with Gasteiger partial charge in [-0.15, -0.1) is 11.3 Å². The number of nitrogens with zero attached hydrogens (tertiary/aromatic N) is 2. The minimum atomic E-state index is -3.62. The van der Waals surface area contributed by atoms with Crippen LogP contribution in [0.1, 0.15) is 59.9 Å². The van der Waals surface area contributed by atoms with Crippen molar-refractivity contribution < 1.29 is 13.5 Å². The van der Waals surface area contributed by atoms with E-state index in [2.05, 4.69) is 9.82 Å². The molecule has 0 saturated heterocycles. The maximum absolute atomic E-state index is 12.9. The van der Waals surface area contributed by atoms with Gasteiger partial charge in [-0.3, -0.25) is 4.68 Å². The predicted octanol–water partition coefficient (Wildman–Crippen LogP) is 2.94. The molecular weight excluding hydrogens is 370 g/mol. The molecule has 0 bridgehead atoms. The molecule has 1 aliphatic carbocycles. The van der Waals surface area contributed by atoms with Gasteiger partial charge in [0.1, 0.15) is 4.90 Å². The van der Waals surface area contributed by atoms with E-state index in [4.69, 9.17) is 0 Å². The van der Waals surface area contributed by atoms with Crippen LogP contribution in [0, 0.1) is 13.8 Å². The summed E-state index contributed by atoms with van der Waals surface area (Å²) in [4.78, 5) is 2.37. The smallest absolute Gasteiger partial charge is 0.244 e. The maximum atomic E-state index is 12.9. The molecule has 2 N–H and O–H groups in total. The first kappa shape index (κ1) is 19.5. The van der Waals surface area contributed by atoms with Crippen LogP contribution < -0.4 is 4.72 Å². The van der Waals surface area contributed by atoms with E-state index in [0.717, 1.165) is 35.4 Å². The summed E-state index contributed by atoms with van der Waals surface area (Å²) in [7, 11) is -1.87. The summed E-state index contributed by atoms with van der Waals surface area (Å²) in [5.41, 5.74) is 0.975. The fourth-order valence-corrected chi connectivity index (χ4v) is 6.62. The van der Waals surface area contributed by atoms with Crippen molar-refractivity contribution in [1.29, 1.82) is 0 Å². The Bertz CT molecular complexity index is 891. The van der Waals surface area contributed by atoms with Crippen molar-refractivity contribution >= 4 is 21.4 Å². The van der Waals surface area contributed by atoms with Crippen LogP contribution in [0.4, 0.5) is 0 Å². The van der Waals surface area contributed by atoms with Crippen molar-refractivity contribution in [2.75, 3.05) is 6.54 Å². The average molecular weight is 398 g/mol. The SMILES string of the molecule is Cc1nn(C)c(C)c1S(=O)(=O)NCC1(c2ccc([C@H](C)O)s2)CCCC1. The molecule has 2 heterocycles. The molecule has 1 atom stereocenters. The second-order valence-corrected chi connectivity index (χ2v) is 10.1. The predicted molar refractivity (Wildman–Crippen MR) is 103 cm³/mol. The van der Waals surface area contributed by atoms with E-state index < -0.39 is 16.1 Å². The van der Waals surface area contributed by atoms with Gasteiger partial charge in [0.25, 0.3) is 0 Å². The number of hydrogen-bond donors (Lipinski definition) is 2. The lowest BCUT2D eigenvalue weighted by molar-refractivity contribution is 0.203. The van der Waals surface area contributed by atoms with E-state index >= 15 is 0 Å². The maximum Gasteiger partial charge on any atom is 0.244 e. The zero-order chi connectivity index (χ0) is 19.1. The molecule has 2 aromatic rings. The fourth-order valence-electron chi connectivity index (χ4n) is 3.87. The van der Waals surface area contributed by atoms with Gasteiger partial charge in [0.15, 0.2) is 0 Å². The third-order valence-corrected chi connectivity index (χ3v) is 8.59. The largest absolute Gasteiger partial charge is 0.388 e. The normalized spacial score (nSPS) is 18.3. The zero-order valence-corrected chi connectivity index (χ0v) is 17.4. The Morgan fingerprint density at radius 2 is 2.00 bits per heavy atom. The van der Waals surface area contributed by atoms with Crippen LogP contribution >= 0.6 is 11.3 Å². The molecule has 0 aromatic carbocycles. The summed E-state index contributed by atoms with van der Waals surface area (Å²) < 4.78 is 30.3. The second-order valence-electron chi connectivity index (χ2n) is 7.31. The van der Waals surface area contributed by atoms with Crippen molar-refractivity contribution in [3.8, 4) is 0 Å². The molecule has 0 aliphatic heterocycles. The molecule has 8 heteroatoms. The molecular formula is C18H27N3O3S2. The molecule has 1 fully saturated rings. The highest BCUT2D eigenvalue weighted by molar-refractivity contribution is 7.89. The van der Waals surface area contributed by atoms with E-state index in [1.165, 1.54) is 0 Å². The van der Waals surface area contributed by atoms with Gasteiger partial charge in [0.2, 0.25) is 10.0 Å². The van der Waals surface area contributed by atoms with Crippen LogP contribution in [-0.4, -0.2) is 29.8 Å². The molecule has 0 amide bonds. The van der Waals surface area contributed by atoms with Crippen molar-refractivity contribution in [3.05, 3.63) is 33.3 Å². The highest BCUT2D eigenvalue weighted by Gasteiger charge is 2.38. The second kappa shape index (κ2) is 7.07. The molecule has 26 heavy (non-hydrogen) atoms. The molecule has 0 spiro atoms. The summed E-state index contributed by atoms with van der Waals surface area (Å²) in [6.07, 6.45) is 3.61. The van der Waals surface area contributed by atoms with E-state index in [-0.39, 0.29) is 10.3 Å². The summed E-state index contributed by atoms with van der Waals surface area (Å²) in [5.74, 6) is 0. The summed E-state index contributed by atoms with van der Waals surface area (Å²) in [6.45, 7) is 5.63. The standard InChI is InChI=1S/C18H27N3O3S2/c1-12-17(13(2)21(4)20-12)26(23,24)19-11-18(9-5-6-10-18)16-8-7-15(25-16)14(3)22/h7-8,14,19,22H,5-6,9-11H2,1-4H3/t14-/m0/s1. The molecule has 1 saturated carbocycles. The van der Waals surface area contributed by atoms with Crippen LogP contribution in [0.25, 0.3) is 0 Å². The molecule has 3 rings (SSSR count). The third-order valence-electron chi connectivity index (χ3n) is 5.43. The lowest BCUT2D eigenvalue weighted by Gasteiger charge is -2.28.